The second-order valence-corrected chi connectivity index (χ2v) is 5.50. The van der Waals surface area contributed by atoms with Crippen molar-refractivity contribution in [2.24, 2.45) is 0 Å². The highest BCUT2D eigenvalue weighted by Gasteiger charge is 2.24. The lowest BCUT2D eigenvalue weighted by Gasteiger charge is -2.23. The van der Waals surface area contributed by atoms with Gasteiger partial charge in [0, 0.05) is 18.7 Å². The Kier molecular flexibility index (Phi) is 4.24. The average molecular weight is 303 g/mol. The molecule has 1 saturated heterocycles. The van der Waals surface area contributed by atoms with Crippen molar-refractivity contribution in [2.75, 3.05) is 26.7 Å². The van der Waals surface area contributed by atoms with Crippen LogP contribution in [0.15, 0.2) is 12.1 Å². The van der Waals surface area contributed by atoms with Crippen molar-refractivity contribution >= 4 is 16.9 Å². The first-order chi connectivity index (χ1) is 10.7. The molecule has 1 amide bonds. The zero-order valence-corrected chi connectivity index (χ0v) is 12.9. The first kappa shape index (κ1) is 14.8. The van der Waals surface area contributed by atoms with Gasteiger partial charge in [0.2, 0.25) is 0 Å². The molecule has 118 valence electrons. The number of benzene rings is 1. The number of hydrogen-bond donors (Lipinski definition) is 2. The number of nitrogens with zero attached hydrogens (tertiary/aromatic N) is 3. The molecule has 1 atom stereocenters. The van der Waals surface area contributed by atoms with Gasteiger partial charge in [-0.05, 0) is 32.0 Å². The topological polar surface area (TPSA) is 83.1 Å². The van der Waals surface area contributed by atoms with Crippen molar-refractivity contribution in [1.82, 2.24) is 25.6 Å². The van der Waals surface area contributed by atoms with Crippen LogP contribution in [-0.2, 0) is 0 Å². The van der Waals surface area contributed by atoms with Crippen molar-refractivity contribution in [2.45, 2.75) is 25.8 Å². The van der Waals surface area contributed by atoms with Crippen LogP contribution in [0.25, 0.3) is 11.0 Å². The van der Waals surface area contributed by atoms with E-state index in [2.05, 4.69) is 32.6 Å². The summed E-state index contributed by atoms with van der Waals surface area (Å²) in [4.78, 5) is 14.9. The number of ether oxygens (including phenoxy) is 1. The predicted octanol–water partition coefficient (Wildman–Crippen LogP) is 1.18. The van der Waals surface area contributed by atoms with E-state index in [1.165, 1.54) is 6.42 Å². The first-order valence-electron chi connectivity index (χ1n) is 7.63. The summed E-state index contributed by atoms with van der Waals surface area (Å²) in [7, 11) is 1.55. The minimum atomic E-state index is -0.135. The number of methoxy groups -OCH3 is 1. The molecule has 7 nitrogen and oxygen atoms in total. The molecule has 7 heteroatoms. The number of likely N-dealkylation sites (tertiary alicyclic amines) is 1. The molecule has 22 heavy (non-hydrogen) atoms. The lowest BCUT2D eigenvalue weighted by atomic mass is 10.1. The van der Waals surface area contributed by atoms with E-state index in [9.17, 15) is 4.79 Å². The van der Waals surface area contributed by atoms with Gasteiger partial charge in [-0.25, -0.2) is 0 Å². The maximum absolute atomic E-state index is 12.5. The quantitative estimate of drug-likeness (QED) is 0.866. The Morgan fingerprint density at radius 1 is 1.45 bits per heavy atom. The molecule has 1 aliphatic rings. The van der Waals surface area contributed by atoms with Crippen LogP contribution in [0, 0.1) is 0 Å². The zero-order chi connectivity index (χ0) is 15.5. The molecule has 1 fully saturated rings. The fraction of sp³-hybridized carbons (Fsp3) is 0.533. The Morgan fingerprint density at radius 2 is 2.23 bits per heavy atom. The third kappa shape index (κ3) is 2.76. The third-order valence-electron chi connectivity index (χ3n) is 4.29. The molecule has 0 radical (unpaired) electrons. The highest BCUT2D eigenvalue weighted by Crippen LogP contribution is 2.23. The number of H-pyrrole nitrogens is 1. The van der Waals surface area contributed by atoms with Crippen LogP contribution >= 0.6 is 0 Å². The second kappa shape index (κ2) is 6.31. The molecule has 1 unspecified atom stereocenters. The van der Waals surface area contributed by atoms with Crippen molar-refractivity contribution in [3.8, 4) is 5.75 Å². The Labute approximate surface area is 129 Å². The van der Waals surface area contributed by atoms with Crippen LogP contribution in [-0.4, -0.2) is 59.0 Å². The highest BCUT2D eigenvalue weighted by molar-refractivity contribution is 6.00. The lowest BCUT2D eigenvalue weighted by Crippen LogP contribution is -2.40. The summed E-state index contributed by atoms with van der Waals surface area (Å²) in [6, 6.07) is 3.86. The number of aromatic nitrogens is 3. The number of carbonyl (C=O) groups is 1. The molecule has 2 heterocycles. The SMILES string of the molecule is CCN1CCCC1CNC(=O)c1cc2n[nH]nc2cc1OC. The minimum absolute atomic E-state index is 0.135. The molecule has 1 aromatic carbocycles. The van der Waals surface area contributed by atoms with Crippen molar-refractivity contribution in [3.63, 3.8) is 0 Å². The Hall–Kier alpha value is -2.15. The molecular formula is C15H21N5O2. The zero-order valence-electron chi connectivity index (χ0n) is 12.9. The van der Waals surface area contributed by atoms with Gasteiger partial charge in [-0.15, -0.1) is 0 Å². The maximum Gasteiger partial charge on any atom is 0.255 e. The highest BCUT2D eigenvalue weighted by atomic mass is 16.5. The standard InChI is InChI=1S/C15H21N5O2/c1-3-20-6-4-5-10(20)9-16-15(21)11-7-12-13(18-19-17-12)8-14(11)22-2/h7-8,10H,3-6,9H2,1-2H3,(H,16,21)(H,17,18,19). The Bertz CT molecular complexity index is 669. The van der Waals surface area contributed by atoms with Gasteiger partial charge in [0.1, 0.15) is 16.8 Å². The molecule has 3 rings (SSSR count). The van der Waals surface area contributed by atoms with E-state index in [1.54, 1.807) is 19.2 Å². The smallest absolute Gasteiger partial charge is 0.255 e. The van der Waals surface area contributed by atoms with E-state index in [1.807, 2.05) is 0 Å². The van der Waals surface area contributed by atoms with Gasteiger partial charge in [0.15, 0.2) is 0 Å². The number of rotatable bonds is 5. The molecule has 2 N–H and O–H groups in total. The van der Waals surface area contributed by atoms with Crippen LogP contribution in [0.3, 0.4) is 0 Å². The van der Waals surface area contributed by atoms with Crippen molar-refractivity contribution < 1.29 is 9.53 Å². The summed E-state index contributed by atoms with van der Waals surface area (Å²) in [6.07, 6.45) is 2.33. The Morgan fingerprint density at radius 3 is 2.95 bits per heavy atom. The third-order valence-corrected chi connectivity index (χ3v) is 4.29. The van der Waals surface area contributed by atoms with E-state index in [0.717, 1.165) is 19.5 Å². The fourth-order valence-corrected chi connectivity index (χ4v) is 3.06. The molecule has 2 aromatic rings. The van der Waals surface area contributed by atoms with Gasteiger partial charge in [0.25, 0.3) is 5.91 Å². The Balaban J connectivity index is 1.74. The number of hydrogen-bond acceptors (Lipinski definition) is 5. The fourth-order valence-electron chi connectivity index (χ4n) is 3.06. The molecule has 0 saturated carbocycles. The summed E-state index contributed by atoms with van der Waals surface area (Å²) in [5.41, 5.74) is 1.83. The van der Waals surface area contributed by atoms with Gasteiger partial charge in [-0.3, -0.25) is 9.69 Å². The summed E-state index contributed by atoms with van der Waals surface area (Å²) < 4.78 is 5.31. The summed E-state index contributed by atoms with van der Waals surface area (Å²) in [5.74, 6) is 0.377. The number of fused-ring (bicyclic) bond motifs is 1. The summed E-state index contributed by atoms with van der Waals surface area (Å²) in [5, 5.41) is 13.6. The summed E-state index contributed by atoms with van der Waals surface area (Å²) in [6.45, 7) is 4.95. The van der Waals surface area contributed by atoms with Gasteiger partial charge in [0.05, 0.1) is 12.7 Å². The molecule has 0 bridgehead atoms. The normalized spacial score (nSPS) is 18.7. The lowest BCUT2D eigenvalue weighted by molar-refractivity contribution is 0.0938. The molecule has 0 aliphatic carbocycles. The molecule has 1 aromatic heterocycles. The van der Waals surface area contributed by atoms with Gasteiger partial charge in [-0.2, -0.15) is 15.4 Å². The van der Waals surface area contributed by atoms with E-state index in [-0.39, 0.29) is 5.91 Å². The van der Waals surface area contributed by atoms with Crippen LogP contribution in [0.2, 0.25) is 0 Å². The van der Waals surface area contributed by atoms with E-state index in [0.29, 0.717) is 34.9 Å². The van der Waals surface area contributed by atoms with Gasteiger partial charge < -0.3 is 10.1 Å². The first-order valence-corrected chi connectivity index (χ1v) is 7.63. The molecule has 0 spiro atoms. The van der Waals surface area contributed by atoms with E-state index in [4.69, 9.17) is 4.74 Å². The average Bonchev–Trinajstić information content (AvgIpc) is 3.18. The number of nitrogens with one attached hydrogen (secondary N) is 2. The monoisotopic (exact) mass is 303 g/mol. The van der Waals surface area contributed by atoms with Crippen LogP contribution in [0.4, 0.5) is 0 Å². The second-order valence-electron chi connectivity index (χ2n) is 5.50. The number of likely N-dealkylation sites (N-methyl/N-ethyl adjacent to an activating group) is 1. The molecule has 1 aliphatic heterocycles. The van der Waals surface area contributed by atoms with Gasteiger partial charge >= 0.3 is 0 Å². The van der Waals surface area contributed by atoms with Gasteiger partial charge in [-0.1, -0.05) is 6.92 Å². The number of aromatic amines is 1. The number of carbonyl (C=O) groups excluding carboxylic acids is 1. The number of amides is 1. The van der Waals surface area contributed by atoms with Crippen molar-refractivity contribution in [1.29, 1.82) is 0 Å². The minimum Gasteiger partial charge on any atom is -0.496 e. The summed E-state index contributed by atoms with van der Waals surface area (Å²) >= 11 is 0. The maximum atomic E-state index is 12.5. The van der Waals surface area contributed by atoms with Crippen LogP contribution < -0.4 is 10.1 Å². The predicted molar refractivity (Wildman–Crippen MR) is 83.0 cm³/mol. The largest absolute Gasteiger partial charge is 0.496 e. The van der Waals surface area contributed by atoms with E-state index >= 15 is 0 Å². The van der Waals surface area contributed by atoms with Crippen molar-refractivity contribution in [3.05, 3.63) is 17.7 Å². The van der Waals surface area contributed by atoms with Crippen LogP contribution in [0.5, 0.6) is 5.75 Å². The van der Waals surface area contributed by atoms with E-state index < -0.39 is 0 Å². The van der Waals surface area contributed by atoms with Crippen LogP contribution in [0.1, 0.15) is 30.1 Å². The molecular weight excluding hydrogens is 282 g/mol.